The Labute approximate surface area is 136 Å². The molecule has 2 aromatic rings. The van der Waals surface area contributed by atoms with Crippen LogP contribution < -0.4 is 5.32 Å². The van der Waals surface area contributed by atoms with Crippen LogP contribution in [0.3, 0.4) is 0 Å². The number of rotatable bonds is 6. The number of hydrogen-bond acceptors (Lipinski definition) is 3. The fourth-order valence-corrected chi connectivity index (χ4v) is 3.16. The first kappa shape index (κ1) is 15.7. The lowest BCUT2D eigenvalue weighted by Gasteiger charge is -2.18. The van der Waals surface area contributed by atoms with Gasteiger partial charge in [0.2, 0.25) is 5.91 Å². The monoisotopic (exact) mass is 313 g/mol. The summed E-state index contributed by atoms with van der Waals surface area (Å²) in [5.41, 5.74) is 1.92. The van der Waals surface area contributed by atoms with Gasteiger partial charge in [-0.2, -0.15) is 5.10 Å². The molecule has 1 aromatic heterocycles. The summed E-state index contributed by atoms with van der Waals surface area (Å²) in [5, 5.41) is 17.1. The maximum Gasteiger partial charge on any atom is 0.224 e. The van der Waals surface area contributed by atoms with E-state index in [1.165, 1.54) is 12.8 Å². The van der Waals surface area contributed by atoms with Gasteiger partial charge in [-0.25, -0.2) is 4.68 Å². The minimum atomic E-state index is -0.413. The smallest absolute Gasteiger partial charge is 0.224 e. The third-order valence-electron chi connectivity index (χ3n) is 4.52. The van der Waals surface area contributed by atoms with Crippen LogP contribution in [0, 0.1) is 5.92 Å². The quantitative estimate of drug-likeness (QED) is 0.858. The van der Waals surface area contributed by atoms with E-state index in [2.05, 4.69) is 10.4 Å². The minimum Gasteiger partial charge on any atom is -0.391 e. The van der Waals surface area contributed by atoms with E-state index in [-0.39, 0.29) is 5.91 Å². The van der Waals surface area contributed by atoms with Crippen molar-refractivity contribution in [2.75, 3.05) is 6.54 Å². The Balaban J connectivity index is 1.47. The molecule has 122 valence electrons. The summed E-state index contributed by atoms with van der Waals surface area (Å²) >= 11 is 0. The zero-order valence-electron chi connectivity index (χ0n) is 13.2. The van der Waals surface area contributed by atoms with Crippen molar-refractivity contribution in [2.24, 2.45) is 5.92 Å². The highest BCUT2D eigenvalue weighted by atomic mass is 16.3. The Morgan fingerprint density at radius 2 is 2.04 bits per heavy atom. The fraction of sp³-hybridized carbons (Fsp3) is 0.444. The molecule has 1 aliphatic carbocycles. The number of carbonyl (C=O) groups is 1. The molecule has 23 heavy (non-hydrogen) atoms. The first-order chi connectivity index (χ1) is 11.2. The van der Waals surface area contributed by atoms with Crippen LogP contribution >= 0.6 is 0 Å². The van der Waals surface area contributed by atoms with Crippen molar-refractivity contribution in [1.82, 2.24) is 15.1 Å². The summed E-state index contributed by atoms with van der Waals surface area (Å²) in [5.74, 6) is 0.303. The Hall–Kier alpha value is -2.14. The largest absolute Gasteiger partial charge is 0.391 e. The summed E-state index contributed by atoms with van der Waals surface area (Å²) < 4.78 is 1.78. The van der Waals surface area contributed by atoms with Gasteiger partial charge >= 0.3 is 0 Å². The molecule has 1 aromatic carbocycles. The Kier molecular flexibility index (Phi) is 5.08. The van der Waals surface area contributed by atoms with E-state index in [9.17, 15) is 9.90 Å². The number of aliphatic hydroxyl groups excluding tert-OH is 1. The standard InChI is InChI=1S/C18H23N3O2/c22-17(15-4-1-2-5-15)13-19-18(23)12-14-6-8-16(9-7-14)21-11-3-10-20-21/h3,6-11,15,17,22H,1-2,4-5,12-13H2,(H,19,23). The van der Waals surface area contributed by atoms with Gasteiger partial charge in [-0.1, -0.05) is 25.0 Å². The van der Waals surface area contributed by atoms with Crippen LogP contribution in [-0.4, -0.2) is 33.4 Å². The van der Waals surface area contributed by atoms with Crippen LogP contribution in [0.25, 0.3) is 5.69 Å². The number of nitrogens with one attached hydrogen (secondary N) is 1. The summed E-state index contributed by atoms with van der Waals surface area (Å²) in [7, 11) is 0. The van der Waals surface area contributed by atoms with Crippen molar-refractivity contribution in [3.63, 3.8) is 0 Å². The predicted octanol–water partition coefficient (Wildman–Crippen LogP) is 2.08. The second-order valence-electron chi connectivity index (χ2n) is 6.21. The van der Waals surface area contributed by atoms with Gasteiger partial charge in [0.15, 0.2) is 0 Å². The minimum absolute atomic E-state index is 0.0473. The first-order valence-electron chi connectivity index (χ1n) is 8.26. The van der Waals surface area contributed by atoms with E-state index in [4.69, 9.17) is 0 Å². The number of aromatic nitrogens is 2. The van der Waals surface area contributed by atoms with Gasteiger partial charge in [0, 0.05) is 18.9 Å². The molecule has 1 saturated carbocycles. The molecule has 5 heteroatoms. The van der Waals surface area contributed by atoms with Gasteiger partial charge in [-0.15, -0.1) is 0 Å². The maximum absolute atomic E-state index is 12.0. The van der Waals surface area contributed by atoms with Crippen molar-refractivity contribution in [3.8, 4) is 5.69 Å². The molecule has 1 aliphatic rings. The van der Waals surface area contributed by atoms with Crippen molar-refractivity contribution >= 4 is 5.91 Å². The zero-order valence-corrected chi connectivity index (χ0v) is 13.2. The third kappa shape index (κ3) is 4.20. The van der Waals surface area contributed by atoms with E-state index in [0.717, 1.165) is 24.1 Å². The van der Waals surface area contributed by atoms with E-state index in [1.54, 1.807) is 10.9 Å². The average Bonchev–Trinajstić information content (AvgIpc) is 3.26. The molecule has 5 nitrogen and oxygen atoms in total. The number of aliphatic hydroxyl groups is 1. The van der Waals surface area contributed by atoms with Crippen molar-refractivity contribution in [2.45, 2.75) is 38.2 Å². The third-order valence-corrected chi connectivity index (χ3v) is 4.52. The van der Waals surface area contributed by atoms with Gasteiger partial charge < -0.3 is 10.4 Å². The van der Waals surface area contributed by atoms with Crippen LogP contribution in [-0.2, 0) is 11.2 Å². The highest BCUT2D eigenvalue weighted by Crippen LogP contribution is 2.27. The van der Waals surface area contributed by atoms with Crippen molar-refractivity contribution < 1.29 is 9.90 Å². The zero-order chi connectivity index (χ0) is 16.1. The van der Waals surface area contributed by atoms with Gasteiger partial charge in [-0.3, -0.25) is 4.79 Å². The molecule has 0 radical (unpaired) electrons. The van der Waals surface area contributed by atoms with E-state index < -0.39 is 6.10 Å². The predicted molar refractivity (Wildman–Crippen MR) is 88.2 cm³/mol. The van der Waals surface area contributed by atoms with Crippen molar-refractivity contribution in [1.29, 1.82) is 0 Å². The number of benzene rings is 1. The normalized spacial score (nSPS) is 16.4. The molecule has 1 heterocycles. The lowest BCUT2D eigenvalue weighted by atomic mass is 10.0. The molecule has 0 spiro atoms. The summed E-state index contributed by atoms with van der Waals surface area (Å²) in [6.07, 6.45) is 8.07. The van der Waals surface area contributed by atoms with Gasteiger partial charge in [0.25, 0.3) is 0 Å². The number of hydrogen-bond donors (Lipinski definition) is 2. The van der Waals surface area contributed by atoms with Gasteiger partial charge in [0.05, 0.1) is 18.2 Å². The molecule has 0 saturated heterocycles. The molecule has 1 amide bonds. The van der Waals surface area contributed by atoms with Crippen LogP contribution in [0.15, 0.2) is 42.7 Å². The molecule has 0 aliphatic heterocycles. The van der Waals surface area contributed by atoms with Crippen LogP contribution in [0.1, 0.15) is 31.2 Å². The lowest BCUT2D eigenvalue weighted by Crippen LogP contribution is -2.36. The first-order valence-corrected chi connectivity index (χ1v) is 8.26. The molecule has 1 unspecified atom stereocenters. The molecular weight excluding hydrogens is 290 g/mol. The Bertz CT molecular complexity index is 616. The Morgan fingerprint density at radius 3 is 2.70 bits per heavy atom. The molecule has 1 fully saturated rings. The highest BCUT2D eigenvalue weighted by Gasteiger charge is 2.23. The molecule has 2 N–H and O–H groups in total. The summed E-state index contributed by atoms with van der Waals surface area (Å²) in [4.78, 5) is 12.0. The SMILES string of the molecule is O=C(Cc1ccc(-n2cccn2)cc1)NCC(O)C1CCCC1. The number of amides is 1. The average molecular weight is 313 g/mol. The van der Waals surface area contributed by atoms with Gasteiger partial charge in [0.1, 0.15) is 0 Å². The highest BCUT2D eigenvalue weighted by molar-refractivity contribution is 5.78. The number of nitrogens with zero attached hydrogens (tertiary/aromatic N) is 2. The summed E-state index contributed by atoms with van der Waals surface area (Å²) in [6, 6.07) is 9.64. The number of carbonyl (C=O) groups excluding carboxylic acids is 1. The Morgan fingerprint density at radius 1 is 1.30 bits per heavy atom. The maximum atomic E-state index is 12.0. The van der Waals surface area contributed by atoms with Crippen LogP contribution in [0.4, 0.5) is 0 Å². The fourth-order valence-electron chi connectivity index (χ4n) is 3.16. The molecule has 0 bridgehead atoms. The topological polar surface area (TPSA) is 67.2 Å². The van der Waals surface area contributed by atoms with E-state index in [1.807, 2.05) is 36.5 Å². The van der Waals surface area contributed by atoms with Gasteiger partial charge in [-0.05, 0) is 42.5 Å². The van der Waals surface area contributed by atoms with E-state index in [0.29, 0.717) is 18.9 Å². The second kappa shape index (κ2) is 7.42. The lowest BCUT2D eigenvalue weighted by molar-refractivity contribution is -0.121. The van der Waals surface area contributed by atoms with Crippen LogP contribution in [0.5, 0.6) is 0 Å². The van der Waals surface area contributed by atoms with Crippen LogP contribution in [0.2, 0.25) is 0 Å². The molecule has 1 atom stereocenters. The molecule has 3 rings (SSSR count). The summed E-state index contributed by atoms with van der Waals surface area (Å²) in [6.45, 7) is 0.356. The van der Waals surface area contributed by atoms with Crippen molar-refractivity contribution in [3.05, 3.63) is 48.3 Å². The molecular formula is C18H23N3O2. The van der Waals surface area contributed by atoms with E-state index >= 15 is 0 Å². The second-order valence-corrected chi connectivity index (χ2v) is 6.21.